The quantitative estimate of drug-likeness (QED) is 0.288. The fraction of sp³-hybridized carbons (Fsp3) is 0.541. The van der Waals surface area contributed by atoms with Crippen LogP contribution in [-0.2, 0) is 16.6 Å². The molecule has 1 aliphatic carbocycles. The molecule has 2 aromatic carbocycles. The molecule has 234 valence electrons. The van der Waals surface area contributed by atoms with Gasteiger partial charge in [-0.1, -0.05) is 69.9 Å². The number of nitrogens with zero attached hydrogens (tertiary/aromatic N) is 3. The maximum absolute atomic E-state index is 13.3. The molecule has 7 heteroatoms. The third-order valence-electron chi connectivity index (χ3n) is 10.0. The minimum Gasteiger partial charge on any atom is -0.337 e. The van der Waals surface area contributed by atoms with Crippen molar-refractivity contribution in [3.63, 3.8) is 0 Å². The van der Waals surface area contributed by atoms with Crippen molar-refractivity contribution < 1.29 is 9.59 Å². The first-order chi connectivity index (χ1) is 21.1. The number of benzene rings is 2. The Bertz CT molecular complexity index is 1450. The maximum atomic E-state index is 13.3. The number of aromatic nitrogens is 2. The molecule has 3 amide bonds. The van der Waals surface area contributed by atoms with Crippen LogP contribution in [0.1, 0.15) is 102 Å². The van der Waals surface area contributed by atoms with Crippen molar-refractivity contribution >= 4 is 23.4 Å². The molecule has 3 aliphatic rings. The maximum Gasteiger partial charge on any atom is 0.324 e. The molecule has 7 nitrogen and oxygen atoms in total. The van der Waals surface area contributed by atoms with Crippen LogP contribution in [0.4, 0.5) is 16.3 Å². The first-order valence-corrected chi connectivity index (χ1v) is 16.8. The SMILES string of the molecule is Cc1ccc(-n2nc(C(C)(C)C)cc2NC(=O)Nc2cccc(CC3CC4CCC(C3)N4C(=O)CC3CCCCC3)c2)cc1. The summed E-state index contributed by atoms with van der Waals surface area (Å²) in [5, 5.41) is 10.9. The fourth-order valence-corrected chi connectivity index (χ4v) is 7.71. The van der Waals surface area contributed by atoms with E-state index in [4.69, 9.17) is 5.10 Å². The van der Waals surface area contributed by atoms with Gasteiger partial charge in [-0.15, -0.1) is 0 Å². The van der Waals surface area contributed by atoms with Gasteiger partial charge in [0.1, 0.15) is 5.82 Å². The Hall–Kier alpha value is -3.61. The molecule has 3 fully saturated rings. The minimum atomic E-state index is -0.293. The van der Waals surface area contributed by atoms with Gasteiger partial charge in [0.05, 0.1) is 11.4 Å². The molecule has 44 heavy (non-hydrogen) atoms. The summed E-state index contributed by atoms with van der Waals surface area (Å²) in [6.45, 7) is 8.42. The number of carbonyl (C=O) groups is 2. The number of carbonyl (C=O) groups excluding carboxylic acids is 2. The standard InChI is InChI=1S/C37H49N5O2/c1-25-13-15-30(16-14-25)42-34(24-33(40-42)37(2,3)4)39-36(44)38-29-12-8-11-27(20-29)19-28-21-31-17-18-32(22-28)41(31)35(43)23-26-9-6-5-7-10-26/h8,11-16,20,24,26,28,31-32H,5-7,9-10,17-19,21-23H2,1-4H3,(H2,38,39,44). The molecule has 2 N–H and O–H groups in total. The Balaban J connectivity index is 1.07. The van der Waals surface area contributed by atoms with E-state index in [1.807, 2.05) is 42.5 Å². The van der Waals surface area contributed by atoms with Gasteiger partial charge in [0.2, 0.25) is 5.91 Å². The molecule has 3 aromatic rings. The lowest BCUT2D eigenvalue weighted by Gasteiger charge is -2.40. The van der Waals surface area contributed by atoms with E-state index in [-0.39, 0.29) is 11.4 Å². The van der Waals surface area contributed by atoms with Gasteiger partial charge in [0.25, 0.3) is 0 Å². The molecule has 2 unspecified atom stereocenters. The van der Waals surface area contributed by atoms with Crippen molar-refractivity contribution in [2.45, 2.75) is 116 Å². The summed E-state index contributed by atoms with van der Waals surface area (Å²) < 4.78 is 1.80. The van der Waals surface area contributed by atoms with Crippen LogP contribution < -0.4 is 10.6 Å². The molecule has 2 aliphatic heterocycles. The van der Waals surface area contributed by atoms with Gasteiger partial charge in [0, 0.05) is 35.7 Å². The highest BCUT2D eigenvalue weighted by atomic mass is 16.2. The molecule has 2 saturated heterocycles. The zero-order valence-corrected chi connectivity index (χ0v) is 26.9. The van der Waals surface area contributed by atoms with E-state index in [0.29, 0.717) is 35.6 Å². The lowest BCUT2D eigenvalue weighted by molar-refractivity contribution is -0.137. The van der Waals surface area contributed by atoms with E-state index in [1.165, 1.54) is 43.2 Å². The van der Waals surface area contributed by atoms with E-state index in [1.54, 1.807) is 4.68 Å². The number of piperidine rings is 1. The molecule has 6 rings (SSSR count). The Morgan fingerprint density at radius 3 is 2.25 bits per heavy atom. The first-order valence-electron chi connectivity index (χ1n) is 16.8. The number of fused-ring (bicyclic) bond motifs is 2. The van der Waals surface area contributed by atoms with E-state index >= 15 is 0 Å². The average Bonchev–Trinajstić information content (AvgIpc) is 3.52. The van der Waals surface area contributed by atoms with Gasteiger partial charge in [-0.05, 0) is 93.5 Å². The molecule has 0 spiro atoms. The van der Waals surface area contributed by atoms with Crippen LogP contribution in [0.3, 0.4) is 0 Å². The van der Waals surface area contributed by atoms with Crippen molar-refractivity contribution in [3.05, 3.63) is 71.4 Å². The summed E-state index contributed by atoms with van der Waals surface area (Å²) in [5.41, 5.74) is 4.83. The molecule has 1 saturated carbocycles. The van der Waals surface area contributed by atoms with Crippen LogP contribution in [0.5, 0.6) is 0 Å². The summed E-state index contributed by atoms with van der Waals surface area (Å²) in [5.74, 6) is 2.21. The Morgan fingerprint density at radius 1 is 0.864 bits per heavy atom. The third-order valence-corrected chi connectivity index (χ3v) is 10.0. The summed E-state index contributed by atoms with van der Waals surface area (Å²) >= 11 is 0. The zero-order valence-electron chi connectivity index (χ0n) is 26.9. The highest BCUT2D eigenvalue weighted by Gasteiger charge is 2.43. The Labute approximate surface area is 262 Å². The van der Waals surface area contributed by atoms with Gasteiger partial charge in [0.15, 0.2) is 0 Å². The van der Waals surface area contributed by atoms with Gasteiger partial charge in [-0.2, -0.15) is 5.10 Å². The predicted molar refractivity (Wildman–Crippen MR) is 177 cm³/mol. The lowest BCUT2D eigenvalue weighted by Crippen LogP contribution is -2.47. The van der Waals surface area contributed by atoms with Crippen molar-refractivity contribution in [2.24, 2.45) is 11.8 Å². The van der Waals surface area contributed by atoms with Crippen LogP contribution in [0, 0.1) is 18.8 Å². The van der Waals surface area contributed by atoms with Gasteiger partial charge < -0.3 is 10.2 Å². The number of aryl methyl sites for hydroxylation is 1. The molecule has 0 radical (unpaired) electrons. The Kier molecular flexibility index (Phi) is 8.84. The van der Waals surface area contributed by atoms with E-state index in [9.17, 15) is 9.59 Å². The van der Waals surface area contributed by atoms with Crippen LogP contribution in [0.15, 0.2) is 54.6 Å². The Morgan fingerprint density at radius 2 is 1.57 bits per heavy atom. The number of nitrogens with one attached hydrogen (secondary N) is 2. The highest BCUT2D eigenvalue weighted by molar-refractivity contribution is 5.99. The molecule has 2 bridgehead atoms. The normalized spacial score (nSPS) is 22.2. The van der Waals surface area contributed by atoms with E-state index in [0.717, 1.165) is 55.6 Å². The number of urea groups is 1. The average molecular weight is 596 g/mol. The largest absolute Gasteiger partial charge is 0.337 e. The van der Waals surface area contributed by atoms with E-state index < -0.39 is 0 Å². The summed E-state index contributed by atoms with van der Waals surface area (Å²) in [6.07, 6.45) is 12.6. The minimum absolute atomic E-state index is 0.157. The number of amides is 3. The first kappa shape index (κ1) is 30.4. The second-order valence-electron chi connectivity index (χ2n) is 14.6. The summed E-state index contributed by atoms with van der Waals surface area (Å²) in [6, 6.07) is 18.8. The summed E-state index contributed by atoms with van der Waals surface area (Å²) in [4.78, 5) is 28.8. The van der Waals surface area contributed by atoms with Gasteiger partial charge in [-0.3, -0.25) is 10.1 Å². The second kappa shape index (κ2) is 12.8. The van der Waals surface area contributed by atoms with E-state index in [2.05, 4.69) is 55.4 Å². The van der Waals surface area contributed by atoms with Crippen molar-refractivity contribution in [1.29, 1.82) is 0 Å². The smallest absolute Gasteiger partial charge is 0.324 e. The van der Waals surface area contributed by atoms with Gasteiger partial charge >= 0.3 is 6.03 Å². The fourth-order valence-electron chi connectivity index (χ4n) is 7.71. The molecule has 2 atom stereocenters. The monoisotopic (exact) mass is 595 g/mol. The second-order valence-corrected chi connectivity index (χ2v) is 14.6. The third kappa shape index (κ3) is 7.03. The number of hydrogen-bond acceptors (Lipinski definition) is 3. The van der Waals surface area contributed by atoms with Crippen molar-refractivity contribution in [2.75, 3.05) is 10.6 Å². The highest BCUT2D eigenvalue weighted by Crippen LogP contribution is 2.41. The van der Waals surface area contributed by atoms with Crippen LogP contribution in [0.2, 0.25) is 0 Å². The van der Waals surface area contributed by atoms with Crippen LogP contribution >= 0.6 is 0 Å². The van der Waals surface area contributed by atoms with Crippen LogP contribution in [0.25, 0.3) is 5.69 Å². The summed E-state index contributed by atoms with van der Waals surface area (Å²) in [7, 11) is 0. The predicted octanol–water partition coefficient (Wildman–Crippen LogP) is 8.40. The molecule has 3 heterocycles. The lowest BCUT2D eigenvalue weighted by atomic mass is 9.84. The van der Waals surface area contributed by atoms with Crippen LogP contribution in [-0.4, -0.2) is 38.7 Å². The van der Waals surface area contributed by atoms with Crippen molar-refractivity contribution in [3.8, 4) is 5.69 Å². The topological polar surface area (TPSA) is 79.3 Å². The number of anilines is 2. The zero-order chi connectivity index (χ0) is 30.8. The van der Waals surface area contributed by atoms with Crippen molar-refractivity contribution in [1.82, 2.24) is 14.7 Å². The van der Waals surface area contributed by atoms with Gasteiger partial charge in [-0.25, -0.2) is 9.48 Å². The molecular formula is C37H49N5O2. The number of rotatable bonds is 7. The number of hydrogen-bond donors (Lipinski definition) is 2. The molecular weight excluding hydrogens is 546 g/mol. The molecule has 1 aromatic heterocycles.